The molecule has 0 spiro atoms. The molecular weight excluding hydrogens is 264 g/mol. The quantitative estimate of drug-likeness (QED) is 0.850. The van der Waals surface area contributed by atoms with Crippen LogP contribution >= 0.6 is 0 Å². The highest BCUT2D eigenvalue weighted by Gasteiger charge is 2.13. The van der Waals surface area contributed by atoms with Crippen molar-refractivity contribution in [3.05, 3.63) is 65.2 Å². The number of amides is 2. The Balaban J connectivity index is 1.92. The van der Waals surface area contributed by atoms with Crippen molar-refractivity contribution in [2.45, 2.75) is 20.4 Å². The lowest BCUT2D eigenvalue weighted by Gasteiger charge is -2.08. The molecule has 0 atom stereocenters. The van der Waals surface area contributed by atoms with Gasteiger partial charge in [-0.05, 0) is 42.7 Å². The van der Waals surface area contributed by atoms with Crippen molar-refractivity contribution in [2.75, 3.05) is 5.32 Å². The second-order valence-corrected chi connectivity index (χ2v) is 5.00. The maximum atomic E-state index is 11.8. The SMILES string of the molecule is Cc1cc(C)cc(NC(=O)C(=O)NCc2ccccc2)c1. The minimum Gasteiger partial charge on any atom is -0.344 e. The largest absolute Gasteiger partial charge is 0.344 e. The molecule has 21 heavy (non-hydrogen) atoms. The van der Waals surface area contributed by atoms with Gasteiger partial charge >= 0.3 is 11.8 Å². The van der Waals surface area contributed by atoms with E-state index in [4.69, 9.17) is 0 Å². The Morgan fingerprint density at radius 1 is 0.905 bits per heavy atom. The first-order valence-electron chi connectivity index (χ1n) is 6.76. The smallest absolute Gasteiger partial charge is 0.313 e. The van der Waals surface area contributed by atoms with Crippen LogP contribution in [0.15, 0.2) is 48.5 Å². The van der Waals surface area contributed by atoms with Crippen molar-refractivity contribution in [2.24, 2.45) is 0 Å². The van der Waals surface area contributed by atoms with Gasteiger partial charge in [-0.25, -0.2) is 0 Å². The Morgan fingerprint density at radius 2 is 1.52 bits per heavy atom. The summed E-state index contributed by atoms with van der Waals surface area (Å²) < 4.78 is 0. The molecule has 2 amide bonds. The van der Waals surface area contributed by atoms with Crippen LogP contribution < -0.4 is 10.6 Å². The summed E-state index contributed by atoms with van der Waals surface area (Å²) in [5, 5.41) is 5.21. The Hall–Kier alpha value is -2.62. The molecule has 0 heterocycles. The molecule has 2 rings (SSSR count). The molecule has 0 aromatic heterocycles. The average molecular weight is 282 g/mol. The fraction of sp³-hybridized carbons (Fsp3) is 0.176. The summed E-state index contributed by atoms with van der Waals surface area (Å²) in [5.74, 6) is -1.30. The number of nitrogens with one attached hydrogen (secondary N) is 2. The molecule has 4 nitrogen and oxygen atoms in total. The second-order valence-electron chi connectivity index (χ2n) is 5.00. The van der Waals surface area contributed by atoms with Gasteiger partial charge < -0.3 is 10.6 Å². The van der Waals surface area contributed by atoms with Crippen LogP contribution in [0.25, 0.3) is 0 Å². The number of rotatable bonds is 3. The number of benzene rings is 2. The van der Waals surface area contributed by atoms with Crippen molar-refractivity contribution < 1.29 is 9.59 Å². The van der Waals surface area contributed by atoms with Gasteiger partial charge in [-0.2, -0.15) is 0 Å². The zero-order valence-electron chi connectivity index (χ0n) is 12.1. The molecule has 0 saturated heterocycles. The monoisotopic (exact) mass is 282 g/mol. The van der Waals surface area contributed by atoms with E-state index in [0.29, 0.717) is 12.2 Å². The van der Waals surface area contributed by atoms with Crippen LogP contribution in [0, 0.1) is 13.8 Å². The molecule has 0 aliphatic carbocycles. The third kappa shape index (κ3) is 4.45. The van der Waals surface area contributed by atoms with Gasteiger partial charge in [0.05, 0.1) is 0 Å². The number of carbonyl (C=O) groups is 2. The minimum atomic E-state index is -0.657. The highest BCUT2D eigenvalue weighted by atomic mass is 16.2. The highest BCUT2D eigenvalue weighted by molar-refractivity contribution is 6.39. The molecule has 0 bridgehead atoms. The first-order chi connectivity index (χ1) is 10.0. The standard InChI is InChI=1S/C17H18N2O2/c1-12-8-13(2)10-15(9-12)19-17(21)16(20)18-11-14-6-4-3-5-7-14/h3-10H,11H2,1-2H3,(H,18,20)(H,19,21). The normalized spacial score (nSPS) is 10.0. The van der Waals surface area contributed by atoms with Crippen LogP contribution in [0.1, 0.15) is 16.7 Å². The van der Waals surface area contributed by atoms with Crippen LogP contribution in [-0.2, 0) is 16.1 Å². The zero-order valence-corrected chi connectivity index (χ0v) is 12.1. The Labute approximate surface area is 124 Å². The Morgan fingerprint density at radius 3 is 2.14 bits per heavy atom. The molecule has 4 heteroatoms. The molecule has 2 aromatic rings. The number of anilines is 1. The minimum absolute atomic E-state index is 0.333. The molecule has 0 aliphatic heterocycles. The summed E-state index contributed by atoms with van der Waals surface area (Å²) in [4.78, 5) is 23.6. The maximum Gasteiger partial charge on any atom is 0.313 e. The second kappa shape index (κ2) is 6.70. The molecule has 0 unspecified atom stereocenters. The predicted molar refractivity (Wildman–Crippen MR) is 82.8 cm³/mol. The molecule has 0 fully saturated rings. The first-order valence-corrected chi connectivity index (χ1v) is 6.76. The van der Waals surface area contributed by atoms with E-state index in [9.17, 15) is 9.59 Å². The van der Waals surface area contributed by atoms with E-state index in [-0.39, 0.29) is 0 Å². The summed E-state index contributed by atoms with van der Waals surface area (Å²) in [7, 11) is 0. The van der Waals surface area contributed by atoms with Crippen molar-refractivity contribution in [3.8, 4) is 0 Å². The van der Waals surface area contributed by atoms with Gasteiger partial charge in [-0.1, -0.05) is 36.4 Å². The van der Waals surface area contributed by atoms with Gasteiger partial charge in [-0.3, -0.25) is 9.59 Å². The van der Waals surface area contributed by atoms with E-state index in [1.807, 2.05) is 62.4 Å². The molecule has 0 saturated carbocycles. The van der Waals surface area contributed by atoms with Gasteiger partial charge in [0.2, 0.25) is 0 Å². The summed E-state index contributed by atoms with van der Waals surface area (Å²) in [6.07, 6.45) is 0. The number of aryl methyl sites for hydroxylation is 2. The van der Waals surface area contributed by atoms with E-state index in [2.05, 4.69) is 10.6 Å². The Kier molecular flexibility index (Phi) is 4.72. The summed E-state index contributed by atoms with van der Waals surface area (Å²) >= 11 is 0. The van der Waals surface area contributed by atoms with E-state index < -0.39 is 11.8 Å². The molecule has 0 aliphatic rings. The fourth-order valence-electron chi connectivity index (χ4n) is 2.09. The summed E-state index contributed by atoms with van der Waals surface area (Å²) in [5.41, 5.74) is 3.65. The van der Waals surface area contributed by atoms with E-state index in [1.165, 1.54) is 0 Å². The van der Waals surface area contributed by atoms with Crippen LogP contribution in [0.2, 0.25) is 0 Å². The summed E-state index contributed by atoms with van der Waals surface area (Å²) in [6.45, 7) is 4.22. The van der Waals surface area contributed by atoms with Gasteiger partial charge in [0, 0.05) is 12.2 Å². The third-order valence-corrected chi connectivity index (χ3v) is 2.98. The third-order valence-electron chi connectivity index (χ3n) is 2.98. The van der Waals surface area contributed by atoms with Gasteiger partial charge in [0.25, 0.3) is 0 Å². The van der Waals surface area contributed by atoms with Gasteiger partial charge in [0.15, 0.2) is 0 Å². The lowest BCUT2D eigenvalue weighted by Crippen LogP contribution is -2.34. The van der Waals surface area contributed by atoms with Crippen molar-refractivity contribution in [1.29, 1.82) is 0 Å². The first kappa shape index (κ1) is 14.8. The van der Waals surface area contributed by atoms with Crippen molar-refractivity contribution >= 4 is 17.5 Å². The van der Waals surface area contributed by atoms with Crippen LogP contribution in [-0.4, -0.2) is 11.8 Å². The van der Waals surface area contributed by atoms with Crippen LogP contribution in [0.5, 0.6) is 0 Å². The molecule has 108 valence electrons. The number of hydrogen-bond donors (Lipinski definition) is 2. The maximum absolute atomic E-state index is 11.8. The van der Waals surface area contributed by atoms with E-state index in [0.717, 1.165) is 16.7 Å². The lowest BCUT2D eigenvalue weighted by atomic mass is 10.1. The van der Waals surface area contributed by atoms with Crippen LogP contribution in [0.4, 0.5) is 5.69 Å². The van der Waals surface area contributed by atoms with Crippen molar-refractivity contribution in [1.82, 2.24) is 5.32 Å². The van der Waals surface area contributed by atoms with Crippen LogP contribution in [0.3, 0.4) is 0 Å². The zero-order chi connectivity index (χ0) is 15.2. The van der Waals surface area contributed by atoms with Gasteiger partial charge in [-0.15, -0.1) is 0 Å². The molecular formula is C17H18N2O2. The fourth-order valence-corrected chi connectivity index (χ4v) is 2.09. The average Bonchev–Trinajstić information content (AvgIpc) is 2.44. The van der Waals surface area contributed by atoms with E-state index in [1.54, 1.807) is 0 Å². The summed E-state index contributed by atoms with van der Waals surface area (Å²) in [6, 6.07) is 15.1. The molecule has 2 aromatic carbocycles. The topological polar surface area (TPSA) is 58.2 Å². The molecule has 0 radical (unpaired) electrons. The molecule has 2 N–H and O–H groups in total. The highest BCUT2D eigenvalue weighted by Crippen LogP contribution is 2.13. The lowest BCUT2D eigenvalue weighted by molar-refractivity contribution is -0.136. The van der Waals surface area contributed by atoms with E-state index >= 15 is 0 Å². The van der Waals surface area contributed by atoms with Crippen molar-refractivity contribution in [3.63, 3.8) is 0 Å². The number of carbonyl (C=O) groups excluding carboxylic acids is 2. The predicted octanol–water partition coefficient (Wildman–Crippen LogP) is 2.56. The number of hydrogen-bond acceptors (Lipinski definition) is 2. The Bertz CT molecular complexity index is 631. The van der Waals surface area contributed by atoms with Gasteiger partial charge in [0.1, 0.15) is 0 Å².